The summed E-state index contributed by atoms with van der Waals surface area (Å²) >= 11 is 0. The highest BCUT2D eigenvalue weighted by molar-refractivity contribution is 6.76. The number of alkyl halides is 3. The van der Waals surface area contributed by atoms with E-state index in [1.54, 1.807) is 17.4 Å². The lowest BCUT2D eigenvalue weighted by atomic mass is 9.70. The third-order valence-electron chi connectivity index (χ3n) is 10.8. The van der Waals surface area contributed by atoms with E-state index in [4.69, 9.17) is 15.6 Å². The number of rotatable bonds is 11. The van der Waals surface area contributed by atoms with Gasteiger partial charge in [0.1, 0.15) is 24.4 Å². The Morgan fingerprint density at radius 3 is 2.54 bits per heavy atom. The van der Waals surface area contributed by atoms with Gasteiger partial charge in [0, 0.05) is 70.2 Å². The molecule has 4 aromatic rings. The summed E-state index contributed by atoms with van der Waals surface area (Å²) in [4.78, 5) is 33.7. The molecular weight excluding hydrogens is 692 g/mol. The van der Waals surface area contributed by atoms with Gasteiger partial charge in [-0.25, -0.2) is 19.9 Å². The van der Waals surface area contributed by atoms with Crippen LogP contribution in [0.15, 0.2) is 37.1 Å². The first-order valence-electron chi connectivity index (χ1n) is 17.8. The minimum atomic E-state index is -4.80. The van der Waals surface area contributed by atoms with Crippen molar-refractivity contribution in [3.05, 3.63) is 54.3 Å². The molecule has 1 amide bonds. The summed E-state index contributed by atoms with van der Waals surface area (Å²) in [5, 5.41) is 15.4. The molecule has 0 unspecified atom stereocenters. The Morgan fingerprint density at radius 1 is 1.13 bits per heavy atom. The molecular formula is C35H44F3N11O2Si. The number of carbonyl (C=O) groups is 1. The van der Waals surface area contributed by atoms with E-state index in [0.29, 0.717) is 65.2 Å². The number of hydrogen-bond acceptors (Lipinski definition) is 10. The van der Waals surface area contributed by atoms with Crippen LogP contribution in [0.1, 0.15) is 60.5 Å². The SMILES string of the molecule is C[Si](C)(C)CCOCn1ccc2c(-c3cnn([C@]4(CC#N)C[C@H](N5CCN(C(=O)c6cc(C7(N)CCC7)nc(C(F)(F)F)n6)CC5)C4)c3)ncnc21. The highest BCUT2D eigenvalue weighted by Gasteiger charge is 2.49. The molecule has 17 heteroatoms. The van der Waals surface area contributed by atoms with Crippen molar-refractivity contribution in [3.63, 3.8) is 0 Å². The Labute approximate surface area is 301 Å². The third kappa shape index (κ3) is 7.08. The number of amides is 1. The number of nitrogens with two attached hydrogens (primary N) is 1. The molecule has 52 heavy (non-hydrogen) atoms. The first kappa shape index (κ1) is 36.1. The maximum Gasteiger partial charge on any atom is 0.451 e. The number of piperazine rings is 1. The highest BCUT2D eigenvalue weighted by Crippen LogP contribution is 2.45. The summed E-state index contributed by atoms with van der Waals surface area (Å²) in [6, 6.07) is 6.92. The quantitative estimate of drug-likeness (QED) is 0.165. The first-order chi connectivity index (χ1) is 24.7. The van der Waals surface area contributed by atoms with Crippen LogP contribution >= 0.6 is 0 Å². The Hall–Kier alpha value is -4.24. The van der Waals surface area contributed by atoms with Crippen LogP contribution in [0.2, 0.25) is 25.7 Å². The van der Waals surface area contributed by atoms with Gasteiger partial charge >= 0.3 is 6.18 Å². The van der Waals surface area contributed by atoms with Gasteiger partial charge in [-0.15, -0.1) is 0 Å². The van der Waals surface area contributed by atoms with Gasteiger partial charge in [0.2, 0.25) is 5.82 Å². The average Bonchev–Trinajstić information content (AvgIpc) is 3.74. The molecule has 13 nitrogen and oxygen atoms in total. The van der Waals surface area contributed by atoms with E-state index in [9.17, 15) is 23.2 Å². The summed E-state index contributed by atoms with van der Waals surface area (Å²) in [6.07, 6.45) is 5.93. The van der Waals surface area contributed by atoms with E-state index in [2.05, 4.69) is 50.5 Å². The standard InChI is InChI=1S/C35H44F3N11O2Si/c1-52(2,3)16-15-51-23-48-10-5-26-29(41-22-42-30(26)48)24-20-43-49(21-24)33(8-9-39)18-25(19-33)46-11-13-47(14-12-46)31(50)27-17-28(34(40)6-4-7-34)45-32(44-27)35(36,37)38/h5,10,17,20-22,25H,4,6-8,11-16,18-19,23,40H2,1-3H3/t25-,33+. The summed E-state index contributed by atoms with van der Waals surface area (Å²) in [7, 11) is -1.19. The van der Waals surface area contributed by atoms with Crippen LogP contribution in [0.3, 0.4) is 0 Å². The van der Waals surface area contributed by atoms with Gasteiger partial charge in [0.05, 0.1) is 41.2 Å². The molecule has 0 bridgehead atoms. The third-order valence-corrected chi connectivity index (χ3v) is 12.5. The number of aromatic nitrogens is 7. The van der Waals surface area contributed by atoms with Crippen LogP contribution in [0, 0.1) is 11.3 Å². The Kier molecular flexibility index (Phi) is 9.47. The second-order valence-corrected chi connectivity index (χ2v) is 21.3. The second kappa shape index (κ2) is 13.6. The molecule has 2 aliphatic carbocycles. The van der Waals surface area contributed by atoms with Gasteiger partial charge < -0.3 is 19.9 Å². The molecule has 276 valence electrons. The summed E-state index contributed by atoms with van der Waals surface area (Å²) in [6.45, 7) is 9.87. The first-order valence-corrected chi connectivity index (χ1v) is 21.5. The number of carbonyl (C=O) groups excluding carboxylic acids is 1. The second-order valence-electron chi connectivity index (χ2n) is 15.7. The monoisotopic (exact) mass is 735 g/mol. The highest BCUT2D eigenvalue weighted by atomic mass is 28.3. The van der Waals surface area contributed by atoms with Gasteiger partial charge in [-0.2, -0.15) is 23.5 Å². The number of nitriles is 1. The number of nitrogens with zero attached hydrogens (tertiary/aromatic N) is 10. The minimum absolute atomic E-state index is 0.0634. The van der Waals surface area contributed by atoms with Crippen LogP contribution in [0.25, 0.3) is 22.3 Å². The van der Waals surface area contributed by atoms with Crippen LogP contribution in [-0.4, -0.2) is 96.9 Å². The fourth-order valence-corrected chi connectivity index (χ4v) is 8.18. The fourth-order valence-electron chi connectivity index (χ4n) is 7.42. The predicted octanol–water partition coefficient (Wildman–Crippen LogP) is 4.98. The maximum atomic E-state index is 13.7. The van der Waals surface area contributed by atoms with Crippen LogP contribution in [0.5, 0.6) is 0 Å². The van der Waals surface area contributed by atoms with Gasteiger partial charge in [-0.3, -0.25) is 14.4 Å². The molecule has 0 radical (unpaired) electrons. The van der Waals surface area contributed by atoms with Crippen molar-refractivity contribution in [2.45, 2.75) is 94.2 Å². The van der Waals surface area contributed by atoms with Gasteiger partial charge in [0.25, 0.3) is 5.91 Å². The van der Waals surface area contributed by atoms with E-state index in [1.807, 2.05) is 27.7 Å². The van der Waals surface area contributed by atoms with Crippen molar-refractivity contribution >= 4 is 25.0 Å². The number of halogens is 3. The lowest BCUT2D eigenvalue weighted by molar-refractivity contribution is -0.145. The van der Waals surface area contributed by atoms with Crippen molar-refractivity contribution in [3.8, 4) is 17.3 Å². The summed E-state index contributed by atoms with van der Waals surface area (Å²) < 4.78 is 50.9. The number of hydrogen-bond donors (Lipinski definition) is 1. The van der Waals surface area contributed by atoms with Crippen molar-refractivity contribution in [1.29, 1.82) is 5.26 Å². The smallest absolute Gasteiger partial charge is 0.361 e. The van der Waals surface area contributed by atoms with E-state index < -0.39 is 37.1 Å². The molecule has 0 aromatic carbocycles. The molecule has 0 spiro atoms. The van der Waals surface area contributed by atoms with Crippen LogP contribution < -0.4 is 5.73 Å². The molecule has 7 rings (SSSR count). The zero-order valence-corrected chi connectivity index (χ0v) is 30.7. The summed E-state index contributed by atoms with van der Waals surface area (Å²) in [5.74, 6) is -1.90. The lowest BCUT2D eigenvalue weighted by Crippen LogP contribution is -2.60. The van der Waals surface area contributed by atoms with Crippen molar-refractivity contribution in [2.75, 3.05) is 32.8 Å². The number of fused-ring (bicyclic) bond motifs is 1. The lowest BCUT2D eigenvalue weighted by Gasteiger charge is -2.52. The van der Waals surface area contributed by atoms with Crippen molar-refractivity contribution in [2.24, 2.45) is 5.73 Å². The Bertz CT molecular complexity index is 1980. The van der Waals surface area contributed by atoms with Crippen LogP contribution in [-0.2, 0) is 28.7 Å². The molecule has 1 aliphatic heterocycles. The molecule has 3 fully saturated rings. The van der Waals surface area contributed by atoms with Gasteiger partial charge in [-0.05, 0) is 50.3 Å². The molecule has 4 aromatic heterocycles. The zero-order valence-electron chi connectivity index (χ0n) is 29.7. The Morgan fingerprint density at radius 2 is 1.88 bits per heavy atom. The predicted molar refractivity (Wildman–Crippen MR) is 188 cm³/mol. The molecule has 3 aliphatic rings. The molecule has 2 N–H and O–H groups in total. The van der Waals surface area contributed by atoms with Crippen LogP contribution in [0.4, 0.5) is 13.2 Å². The fraction of sp³-hybridized carbons (Fsp3) is 0.571. The molecule has 0 atom stereocenters. The van der Waals surface area contributed by atoms with Crippen molar-refractivity contribution < 1.29 is 22.7 Å². The van der Waals surface area contributed by atoms with Gasteiger partial charge in [0.15, 0.2) is 0 Å². The zero-order chi connectivity index (χ0) is 36.9. The van der Waals surface area contributed by atoms with Crippen molar-refractivity contribution in [1.82, 2.24) is 44.1 Å². The van der Waals surface area contributed by atoms with Gasteiger partial charge in [-0.1, -0.05) is 19.6 Å². The summed E-state index contributed by atoms with van der Waals surface area (Å²) in [5.41, 5.74) is 6.99. The molecule has 5 heterocycles. The topological polar surface area (TPSA) is 157 Å². The average molecular weight is 736 g/mol. The largest absolute Gasteiger partial charge is 0.451 e. The number of ether oxygens (including phenoxy) is 1. The maximum absolute atomic E-state index is 13.7. The van der Waals surface area contributed by atoms with E-state index >= 15 is 0 Å². The Balaban J connectivity index is 0.996. The van der Waals surface area contributed by atoms with E-state index in [0.717, 1.165) is 34.8 Å². The molecule has 1 saturated heterocycles. The minimum Gasteiger partial charge on any atom is -0.361 e. The van der Waals surface area contributed by atoms with E-state index in [-0.39, 0.29) is 23.9 Å². The molecule has 2 saturated carbocycles. The normalized spacial score (nSPS) is 22.2. The van der Waals surface area contributed by atoms with E-state index in [1.165, 1.54) is 6.07 Å².